The Balaban J connectivity index is 1.54. The van der Waals surface area contributed by atoms with E-state index in [1.807, 2.05) is 35.7 Å². The number of carbonyl (C=O) groups is 1. The highest BCUT2D eigenvalue weighted by atomic mass is 35.5. The Bertz CT molecular complexity index is 1030. The van der Waals surface area contributed by atoms with Crippen LogP contribution in [-0.2, 0) is 4.79 Å². The summed E-state index contributed by atoms with van der Waals surface area (Å²) in [4.78, 5) is 17.3. The Labute approximate surface area is 164 Å². The number of thiazole rings is 1. The third-order valence-corrected chi connectivity index (χ3v) is 5.02. The molecule has 1 aliphatic rings. The molecule has 1 aromatic heterocycles. The summed E-state index contributed by atoms with van der Waals surface area (Å²) in [6.45, 7) is 1.76. The molecule has 1 amide bonds. The Morgan fingerprint density at radius 2 is 1.85 bits per heavy atom. The van der Waals surface area contributed by atoms with Crippen LogP contribution in [-0.4, -0.2) is 22.6 Å². The standard InChI is InChI=1S/C19H14ClN5OS/c1-12-17(23-22-15-9-7-14(20)8-10-15)18(26)25(24-12)19-21-16(11-27-19)13-5-3-2-4-6-13/h2-11,17H,1H3. The van der Waals surface area contributed by atoms with Gasteiger partial charge in [-0.15, -0.1) is 11.3 Å². The number of hydrogen-bond acceptors (Lipinski definition) is 6. The van der Waals surface area contributed by atoms with E-state index in [1.165, 1.54) is 16.3 Å². The van der Waals surface area contributed by atoms with Gasteiger partial charge < -0.3 is 0 Å². The normalized spacial score (nSPS) is 17.0. The molecule has 0 spiro atoms. The number of aromatic nitrogens is 1. The van der Waals surface area contributed by atoms with Crippen LogP contribution in [0.15, 0.2) is 75.3 Å². The van der Waals surface area contributed by atoms with Gasteiger partial charge in [0.05, 0.1) is 17.1 Å². The average molecular weight is 396 g/mol. The van der Waals surface area contributed by atoms with Crippen molar-refractivity contribution in [3.8, 4) is 11.3 Å². The third kappa shape index (κ3) is 3.65. The van der Waals surface area contributed by atoms with E-state index in [-0.39, 0.29) is 5.91 Å². The molecule has 0 saturated carbocycles. The molecule has 0 radical (unpaired) electrons. The van der Waals surface area contributed by atoms with Gasteiger partial charge in [0, 0.05) is 16.0 Å². The lowest BCUT2D eigenvalue weighted by Crippen LogP contribution is -2.29. The maximum atomic E-state index is 12.7. The zero-order chi connectivity index (χ0) is 18.8. The van der Waals surface area contributed by atoms with Crippen molar-refractivity contribution in [3.05, 3.63) is 65.0 Å². The Kier molecular flexibility index (Phi) is 4.79. The molecule has 4 rings (SSSR count). The van der Waals surface area contributed by atoms with Gasteiger partial charge in [0.25, 0.3) is 5.91 Å². The van der Waals surface area contributed by atoms with Crippen molar-refractivity contribution >= 4 is 45.4 Å². The van der Waals surface area contributed by atoms with Crippen LogP contribution in [0, 0.1) is 0 Å². The smallest absolute Gasteiger partial charge is 0.269 e. The Morgan fingerprint density at radius 3 is 2.59 bits per heavy atom. The van der Waals surface area contributed by atoms with Crippen LogP contribution in [0.25, 0.3) is 11.3 Å². The fourth-order valence-electron chi connectivity index (χ4n) is 2.56. The molecule has 3 aromatic rings. The first kappa shape index (κ1) is 17.5. The Morgan fingerprint density at radius 1 is 1.11 bits per heavy atom. The number of rotatable bonds is 4. The van der Waals surface area contributed by atoms with Crippen molar-refractivity contribution in [3.63, 3.8) is 0 Å². The van der Waals surface area contributed by atoms with Crippen LogP contribution >= 0.6 is 22.9 Å². The predicted molar refractivity (Wildman–Crippen MR) is 108 cm³/mol. The second kappa shape index (κ2) is 7.38. The summed E-state index contributed by atoms with van der Waals surface area (Å²) in [7, 11) is 0. The summed E-state index contributed by atoms with van der Waals surface area (Å²) in [5.41, 5.74) is 3.00. The number of benzene rings is 2. The van der Waals surface area contributed by atoms with E-state index in [9.17, 15) is 4.79 Å². The highest BCUT2D eigenvalue weighted by Crippen LogP contribution is 2.30. The number of azo groups is 1. The summed E-state index contributed by atoms with van der Waals surface area (Å²) in [5.74, 6) is -0.265. The maximum absolute atomic E-state index is 12.7. The number of hydrogen-bond donors (Lipinski definition) is 0. The molecule has 2 aromatic carbocycles. The molecule has 134 valence electrons. The van der Waals surface area contributed by atoms with Gasteiger partial charge in [0.2, 0.25) is 5.13 Å². The molecule has 27 heavy (non-hydrogen) atoms. The second-order valence-electron chi connectivity index (χ2n) is 5.87. The zero-order valence-corrected chi connectivity index (χ0v) is 15.9. The number of anilines is 1. The van der Waals surface area contributed by atoms with E-state index in [4.69, 9.17) is 11.6 Å². The first-order chi connectivity index (χ1) is 13.1. The molecular weight excluding hydrogens is 382 g/mol. The largest absolute Gasteiger partial charge is 0.282 e. The molecule has 1 atom stereocenters. The van der Waals surface area contributed by atoms with E-state index in [1.54, 1.807) is 31.2 Å². The lowest BCUT2D eigenvalue weighted by atomic mass is 10.2. The van der Waals surface area contributed by atoms with E-state index in [0.717, 1.165) is 11.3 Å². The fraction of sp³-hybridized carbons (Fsp3) is 0.105. The molecule has 8 heteroatoms. The van der Waals surface area contributed by atoms with Gasteiger partial charge in [0.15, 0.2) is 6.04 Å². The van der Waals surface area contributed by atoms with Crippen LogP contribution in [0.3, 0.4) is 0 Å². The van der Waals surface area contributed by atoms with Crippen molar-refractivity contribution in [1.29, 1.82) is 0 Å². The minimum atomic E-state index is -0.746. The topological polar surface area (TPSA) is 70.3 Å². The molecule has 0 saturated heterocycles. The van der Waals surface area contributed by atoms with Crippen LogP contribution in [0.4, 0.5) is 10.8 Å². The molecule has 0 N–H and O–H groups in total. The first-order valence-corrected chi connectivity index (χ1v) is 9.44. The van der Waals surface area contributed by atoms with Crippen molar-refractivity contribution in [1.82, 2.24) is 4.98 Å². The first-order valence-electron chi connectivity index (χ1n) is 8.18. The molecule has 0 bridgehead atoms. The van der Waals surface area contributed by atoms with Crippen molar-refractivity contribution in [2.45, 2.75) is 13.0 Å². The highest BCUT2D eigenvalue weighted by Gasteiger charge is 2.36. The van der Waals surface area contributed by atoms with Gasteiger partial charge in [-0.05, 0) is 31.2 Å². The monoisotopic (exact) mass is 395 g/mol. The third-order valence-electron chi connectivity index (χ3n) is 3.95. The fourth-order valence-corrected chi connectivity index (χ4v) is 3.47. The summed E-state index contributed by atoms with van der Waals surface area (Å²) >= 11 is 7.23. The number of halogens is 1. The quantitative estimate of drug-likeness (QED) is 0.559. The van der Waals surface area contributed by atoms with Gasteiger partial charge in [-0.25, -0.2) is 4.98 Å². The molecule has 1 unspecified atom stereocenters. The molecule has 6 nitrogen and oxygen atoms in total. The molecule has 1 aliphatic heterocycles. The summed E-state index contributed by atoms with van der Waals surface area (Å²) in [6.07, 6.45) is 0. The van der Waals surface area contributed by atoms with Gasteiger partial charge in [-0.1, -0.05) is 41.9 Å². The average Bonchev–Trinajstić information content (AvgIpc) is 3.27. The zero-order valence-electron chi connectivity index (χ0n) is 14.3. The molecule has 0 fully saturated rings. The van der Waals surface area contributed by atoms with Crippen LogP contribution in [0.2, 0.25) is 5.02 Å². The molecule has 0 aliphatic carbocycles. The minimum Gasteiger partial charge on any atom is -0.269 e. The maximum Gasteiger partial charge on any atom is 0.282 e. The number of hydrazone groups is 1. The predicted octanol–water partition coefficient (Wildman–Crippen LogP) is 5.34. The van der Waals surface area contributed by atoms with Crippen molar-refractivity contribution < 1.29 is 4.79 Å². The van der Waals surface area contributed by atoms with Gasteiger partial charge in [-0.3, -0.25) is 4.79 Å². The van der Waals surface area contributed by atoms with E-state index >= 15 is 0 Å². The highest BCUT2D eigenvalue weighted by molar-refractivity contribution is 7.14. The summed E-state index contributed by atoms with van der Waals surface area (Å²) < 4.78 is 0. The van der Waals surface area contributed by atoms with E-state index in [0.29, 0.717) is 21.6 Å². The van der Waals surface area contributed by atoms with Crippen LogP contribution in [0.5, 0.6) is 0 Å². The summed E-state index contributed by atoms with van der Waals surface area (Å²) in [6, 6.07) is 16.0. The lowest BCUT2D eigenvalue weighted by molar-refractivity contribution is -0.117. The van der Waals surface area contributed by atoms with Gasteiger partial charge in [-0.2, -0.15) is 20.3 Å². The van der Waals surface area contributed by atoms with Gasteiger partial charge >= 0.3 is 0 Å². The number of carbonyl (C=O) groups excluding carboxylic acids is 1. The minimum absolute atomic E-state index is 0.265. The summed E-state index contributed by atoms with van der Waals surface area (Å²) in [5, 5.41) is 17.0. The lowest BCUT2D eigenvalue weighted by Gasteiger charge is -2.08. The van der Waals surface area contributed by atoms with E-state index in [2.05, 4.69) is 20.3 Å². The molecular formula is C19H14ClN5OS. The van der Waals surface area contributed by atoms with Crippen molar-refractivity contribution in [2.75, 3.05) is 5.01 Å². The number of amides is 1. The van der Waals surface area contributed by atoms with E-state index < -0.39 is 6.04 Å². The second-order valence-corrected chi connectivity index (χ2v) is 7.14. The Hall–Kier alpha value is -2.90. The SMILES string of the molecule is CC1=NN(c2nc(-c3ccccc3)cs2)C(=O)C1N=Nc1ccc(Cl)cc1. The van der Waals surface area contributed by atoms with Gasteiger partial charge in [0.1, 0.15) is 0 Å². The van der Waals surface area contributed by atoms with Crippen LogP contribution in [0.1, 0.15) is 6.92 Å². The van der Waals surface area contributed by atoms with Crippen molar-refractivity contribution in [2.24, 2.45) is 15.3 Å². The molecule has 2 heterocycles. The van der Waals surface area contributed by atoms with Crippen LogP contribution < -0.4 is 5.01 Å². The number of nitrogens with zero attached hydrogens (tertiary/aromatic N) is 5.